The molecule has 0 atom stereocenters. The SMILES string of the molecule is COc1ccc(/C=C2\Oc3c(ccc(OC(=O)c4ccccc4Br)c3C)C2=O)cc1. The van der Waals surface area contributed by atoms with Crippen LogP contribution in [0, 0.1) is 6.92 Å². The Balaban J connectivity index is 1.60. The minimum absolute atomic E-state index is 0.215. The van der Waals surface area contributed by atoms with Crippen LogP contribution in [0.4, 0.5) is 0 Å². The van der Waals surface area contributed by atoms with Crippen molar-refractivity contribution in [1.29, 1.82) is 0 Å². The van der Waals surface area contributed by atoms with Crippen molar-refractivity contribution < 1.29 is 23.8 Å². The van der Waals surface area contributed by atoms with Crippen LogP contribution in [-0.2, 0) is 0 Å². The van der Waals surface area contributed by atoms with E-state index in [-0.39, 0.29) is 11.5 Å². The molecule has 0 aromatic heterocycles. The molecular formula is C24H17BrO5. The first-order chi connectivity index (χ1) is 14.5. The molecule has 6 heteroatoms. The van der Waals surface area contributed by atoms with Crippen LogP contribution >= 0.6 is 15.9 Å². The summed E-state index contributed by atoms with van der Waals surface area (Å²) in [5.41, 5.74) is 2.24. The number of ether oxygens (including phenoxy) is 3. The van der Waals surface area contributed by atoms with Gasteiger partial charge in [-0.2, -0.15) is 0 Å². The second kappa shape index (κ2) is 8.16. The highest BCUT2D eigenvalue weighted by molar-refractivity contribution is 9.10. The van der Waals surface area contributed by atoms with E-state index in [1.165, 1.54) is 0 Å². The van der Waals surface area contributed by atoms with E-state index in [9.17, 15) is 9.59 Å². The number of benzene rings is 3. The lowest BCUT2D eigenvalue weighted by Gasteiger charge is -2.10. The number of halogens is 1. The first kappa shape index (κ1) is 19.9. The van der Waals surface area contributed by atoms with Crippen LogP contribution in [0.1, 0.15) is 31.8 Å². The molecule has 5 nitrogen and oxygen atoms in total. The topological polar surface area (TPSA) is 61.8 Å². The fourth-order valence-electron chi connectivity index (χ4n) is 3.11. The molecule has 150 valence electrons. The highest BCUT2D eigenvalue weighted by atomic mass is 79.9. The number of hydrogen-bond donors (Lipinski definition) is 0. The average molecular weight is 465 g/mol. The van der Waals surface area contributed by atoms with Crippen LogP contribution in [0.3, 0.4) is 0 Å². The third kappa shape index (κ3) is 3.74. The third-order valence-corrected chi connectivity index (χ3v) is 5.44. The summed E-state index contributed by atoms with van der Waals surface area (Å²) >= 11 is 3.35. The van der Waals surface area contributed by atoms with Gasteiger partial charge in [0.25, 0.3) is 0 Å². The molecule has 0 fully saturated rings. The smallest absolute Gasteiger partial charge is 0.344 e. The Bertz CT molecular complexity index is 1180. The molecule has 1 heterocycles. The maximum absolute atomic E-state index is 12.7. The Hall–Kier alpha value is -3.38. The van der Waals surface area contributed by atoms with Crippen LogP contribution in [0.5, 0.6) is 17.2 Å². The molecule has 1 aliphatic heterocycles. The van der Waals surface area contributed by atoms with Gasteiger partial charge in [0.15, 0.2) is 5.76 Å². The zero-order valence-electron chi connectivity index (χ0n) is 16.3. The average Bonchev–Trinajstić information content (AvgIpc) is 3.07. The van der Waals surface area contributed by atoms with Crippen molar-refractivity contribution in [3.05, 3.63) is 93.1 Å². The molecule has 0 unspecified atom stereocenters. The fraction of sp³-hybridized carbons (Fsp3) is 0.0833. The van der Waals surface area contributed by atoms with Crippen molar-refractivity contribution in [2.75, 3.05) is 7.11 Å². The number of Topliss-reactive ketones (excluding diaryl/α,β-unsaturated/α-hetero) is 1. The van der Waals surface area contributed by atoms with Crippen LogP contribution in [0.25, 0.3) is 6.08 Å². The first-order valence-corrected chi connectivity index (χ1v) is 9.96. The number of methoxy groups -OCH3 is 1. The fourth-order valence-corrected chi connectivity index (χ4v) is 3.56. The number of fused-ring (bicyclic) bond motifs is 1. The molecule has 1 aliphatic rings. The maximum atomic E-state index is 12.7. The first-order valence-electron chi connectivity index (χ1n) is 9.16. The van der Waals surface area contributed by atoms with Crippen molar-refractivity contribution >= 4 is 33.8 Å². The van der Waals surface area contributed by atoms with Gasteiger partial charge in [-0.15, -0.1) is 0 Å². The van der Waals surface area contributed by atoms with E-state index in [0.29, 0.717) is 32.7 Å². The maximum Gasteiger partial charge on any atom is 0.344 e. The number of hydrogen-bond acceptors (Lipinski definition) is 5. The number of allylic oxidation sites excluding steroid dienone is 1. The molecule has 3 aromatic rings. The lowest BCUT2D eigenvalue weighted by Crippen LogP contribution is -2.10. The van der Waals surface area contributed by atoms with Gasteiger partial charge in [-0.25, -0.2) is 4.79 Å². The predicted molar refractivity (Wildman–Crippen MR) is 116 cm³/mol. The predicted octanol–water partition coefficient (Wildman–Crippen LogP) is 5.60. The summed E-state index contributed by atoms with van der Waals surface area (Å²) in [6.45, 7) is 1.76. The van der Waals surface area contributed by atoms with Gasteiger partial charge >= 0.3 is 5.97 Å². The van der Waals surface area contributed by atoms with E-state index in [4.69, 9.17) is 14.2 Å². The lowest BCUT2D eigenvalue weighted by molar-refractivity contribution is 0.0732. The Labute approximate surface area is 182 Å². The van der Waals surface area contributed by atoms with E-state index < -0.39 is 5.97 Å². The van der Waals surface area contributed by atoms with E-state index in [1.807, 2.05) is 30.3 Å². The van der Waals surface area contributed by atoms with Crippen LogP contribution in [0.15, 0.2) is 70.9 Å². The Kier molecular flexibility index (Phi) is 5.42. The molecule has 0 saturated heterocycles. The highest BCUT2D eigenvalue weighted by Gasteiger charge is 2.30. The summed E-state index contributed by atoms with van der Waals surface area (Å²) in [7, 11) is 1.59. The van der Waals surface area contributed by atoms with Crippen molar-refractivity contribution in [2.45, 2.75) is 6.92 Å². The summed E-state index contributed by atoms with van der Waals surface area (Å²) in [5, 5.41) is 0. The molecule has 0 bridgehead atoms. The Morgan fingerprint density at radius 3 is 2.47 bits per heavy atom. The van der Waals surface area contributed by atoms with Gasteiger partial charge in [0.05, 0.1) is 18.2 Å². The minimum atomic E-state index is -0.496. The molecule has 0 N–H and O–H groups in total. The summed E-state index contributed by atoms with van der Waals surface area (Å²) in [4.78, 5) is 25.3. The standard InChI is InChI=1S/C24H17BrO5/c1-14-20(30-24(27)17-5-3-4-6-19(17)25)12-11-18-22(26)21(29-23(14)18)13-15-7-9-16(28-2)10-8-15/h3-13H,1-2H3/b21-13-. The van der Waals surface area contributed by atoms with Gasteiger partial charge in [0.2, 0.25) is 5.78 Å². The summed E-state index contributed by atoms with van der Waals surface area (Å²) in [6, 6.07) is 17.5. The van der Waals surface area contributed by atoms with Gasteiger partial charge in [-0.05, 0) is 70.9 Å². The number of esters is 1. The van der Waals surface area contributed by atoms with Crippen molar-refractivity contribution in [2.24, 2.45) is 0 Å². The van der Waals surface area contributed by atoms with Gasteiger partial charge in [-0.3, -0.25) is 4.79 Å². The number of ketones is 1. The summed E-state index contributed by atoms with van der Waals surface area (Å²) in [6.07, 6.45) is 1.67. The molecule has 0 saturated carbocycles. The molecule has 0 amide bonds. The summed E-state index contributed by atoms with van der Waals surface area (Å²) in [5.74, 6) is 0.973. The monoisotopic (exact) mass is 464 g/mol. The van der Waals surface area contributed by atoms with Gasteiger partial charge < -0.3 is 14.2 Å². The van der Waals surface area contributed by atoms with Crippen molar-refractivity contribution in [1.82, 2.24) is 0 Å². The van der Waals surface area contributed by atoms with E-state index in [2.05, 4.69) is 15.9 Å². The second-order valence-electron chi connectivity index (χ2n) is 6.65. The summed E-state index contributed by atoms with van der Waals surface area (Å²) < 4.78 is 17.2. The van der Waals surface area contributed by atoms with Gasteiger partial charge in [-0.1, -0.05) is 24.3 Å². The Morgan fingerprint density at radius 2 is 1.77 bits per heavy atom. The van der Waals surface area contributed by atoms with E-state index >= 15 is 0 Å². The van der Waals surface area contributed by atoms with Crippen LogP contribution < -0.4 is 14.2 Å². The van der Waals surface area contributed by atoms with Crippen LogP contribution in [-0.4, -0.2) is 18.9 Å². The normalized spacial score (nSPS) is 13.7. The number of carbonyl (C=O) groups excluding carboxylic acids is 2. The third-order valence-electron chi connectivity index (χ3n) is 4.75. The largest absolute Gasteiger partial charge is 0.497 e. The zero-order valence-corrected chi connectivity index (χ0v) is 17.9. The number of carbonyl (C=O) groups is 2. The van der Waals surface area contributed by atoms with Gasteiger partial charge in [0.1, 0.15) is 17.2 Å². The number of rotatable bonds is 4. The Morgan fingerprint density at radius 1 is 1.03 bits per heavy atom. The quantitative estimate of drug-likeness (QED) is 0.285. The van der Waals surface area contributed by atoms with E-state index in [1.54, 1.807) is 50.4 Å². The molecule has 0 spiro atoms. The lowest BCUT2D eigenvalue weighted by atomic mass is 10.1. The zero-order chi connectivity index (χ0) is 21.3. The molecule has 4 rings (SSSR count). The molecule has 0 aliphatic carbocycles. The molecule has 0 radical (unpaired) electrons. The van der Waals surface area contributed by atoms with Crippen molar-refractivity contribution in [3.8, 4) is 17.2 Å². The van der Waals surface area contributed by atoms with Gasteiger partial charge in [0, 0.05) is 10.0 Å². The molecule has 3 aromatic carbocycles. The second-order valence-corrected chi connectivity index (χ2v) is 7.50. The van der Waals surface area contributed by atoms with E-state index in [0.717, 1.165) is 11.3 Å². The minimum Gasteiger partial charge on any atom is -0.497 e. The van der Waals surface area contributed by atoms with Crippen LogP contribution in [0.2, 0.25) is 0 Å². The highest BCUT2D eigenvalue weighted by Crippen LogP contribution is 2.39. The molecular weight excluding hydrogens is 448 g/mol. The molecule has 30 heavy (non-hydrogen) atoms. The van der Waals surface area contributed by atoms with Crippen molar-refractivity contribution in [3.63, 3.8) is 0 Å².